The van der Waals surface area contributed by atoms with Gasteiger partial charge in [-0.3, -0.25) is 4.79 Å². The molecule has 1 aromatic heterocycles. The molecule has 0 saturated carbocycles. The van der Waals surface area contributed by atoms with Crippen LogP contribution in [0.2, 0.25) is 0 Å². The number of halogens is 1. The standard InChI is InChI=1S/C23H21FN2O4/c1-28-19-9-7-17(8-10-19)21-13-20(30-25-21)15-26(23(27)22-6-3-11-29-22)14-16-4-2-5-18(24)12-16/h2-12,20H,13-15H2,1H3/t20-/m1/s1. The van der Waals surface area contributed by atoms with Crippen molar-refractivity contribution in [3.05, 3.63) is 89.6 Å². The summed E-state index contributed by atoms with van der Waals surface area (Å²) < 4.78 is 24.1. The van der Waals surface area contributed by atoms with Crippen molar-refractivity contribution in [2.24, 2.45) is 5.16 Å². The van der Waals surface area contributed by atoms with Crippen LogP contribution in [0.4, 0.5) is 4.39 Å². The van der Waals surface area contributed by atoms with Gasteiger partial charge in [0.25, 0.3) is 5.91 Å². The highest BCUT2D eigenvalue weighted by molar-refractivity contribution is 6.01. The first kappa shape index (κ1) is 19.7. The second-order valence-electron chi connectivity index (χ2n) is 6.99. The van der Waals surface area contributed by atoms with Crippen molar-refractivity contribution in [3.8, 4) is 5.75 Å². The summed E-state index contributed by atoms with van der Waals surface area (Å²) in [4.78, 5) is 20.1. The van der Waals surface area contributed by atoms with Crippen LogP contribution in [0.25, 0.3) is 0 Å². The lowest BCUT2D eigenvalue weighted by molar-refractivity contribution is 0.0387. The van der Waals surface area contributed by atoms with Crippen LogP contribution in [0.15, 0.2) is 76.5 Å². The number of hydrogen-bond acceptors (Lipinski definition) is 5. The van der Waals surface area contributed by atoms with Crippen molar-refractivity contribution in [2.45, 2.75) is 19.1 Å². The van der Waals surface area contributed by atoms with E-state index in [2.05, 4.69) is 5.16 Å². The first-order chi connectivity index (χ1) is 14.6. The Morgan fingerprint density at radius 2 is 2.03 bits per heavy atom. The van der Waals surface area contributed by atoms with Crippen molar-refractivity contribution in [1.29, 1.82) is 0 Å². The fourth-order valence-electron chi connectivity index (χ4n) is 3.36. The molecule has 0 bridgehead atoms. The van der Waals surface area contributed by atoms with Crippen molar-refractivity contribution in [3.63, 3.8) is 0 Å². The van der Waals surface area contributed by atoms with Crippen LogP contribution in [0.5, 0.6) is 5.75 Å². The van der Waals surface area contributed by atoms with E-state index in [1.54, 1.807) is 36.3 Å². The first-order valence-electron chi connectivity index (χ1n) is 9.56. The van der Waals surface area contributed by atoms with E-state index in [0.717, 1.165) is 17.0 Å². The largest absolute Gasteiger partial charge is 0.497 e. The molecule has 0 aliphatic carbocycles. The predicted octanol–water partition coefficient (Wildman–Crippen LogP) is 4.26. The number of amides is 1. The summed E-state index contributed by atoms with van der Waals surface area (Å²) in [5, 5.41) is 4.19. The van der Waals surface area contributed by atoms with E-state index >= 15 is 0 Å². The van der Waals surface area contributed by atoms with E-state index in [9.17, 15) is 9.18 Å². The normalized spacial score (nSPS) is 15.4. The molecule has 1 aliphatic rings. The number of ether oxygens (including phenoxy) is 1. The molecule has 1 amide bonds. The van der Waals surface area contributed by atoms with Crippen LogP contribution >= 0.6 is 0 Å². The van der Waals surface area contributed by atoms with Gasteiger partial charge in [-0.2, -0.15) is 0 Å². The molecule has 2 heterocycles. The Labute approximate surface area is 173 Å². The zero-order chi connectivity index (χ0) is 20.9. The van der Waals surface area contributed by atoms with Gasteiger partial charge in [0.15, 0.2) is 11.9 Å². The third-order valence-electron chi connectivity index (χ3n) is 4.86. The second-order valence-corrected chi connectivity index (χ2v) is 6.99. The lowest BCUT2D eigenvalue weighted by Gasteiger charge is -2.24. The fraction of sp³-hybridized carbons (Fsp3) is 0.217. The van der Waals surface area contributed by atoms with Gasteiger partial charge in [-0.05, 0) is 59.7 Å². The summed E-state index contributed by atoms with van der Waals surface area (Å²) in [6.45, 7) is 0.522. The highest BCUT2D eigenvalue weighted by atomic mass is 19.1. The minimum Gasteiger partial charge on any atom is -0.497 e. The molecular weight excluding hydrogens is 387 g/mol. The van der Waals surface area contributed by atoms with Crippen molar-refractivity contribution >= 4 is 11.6 Å². The molecule has 30 heavy (non-hydrogen) atoms. The first-order valence-corrected chi connectivity index (χ1v) is 9.56. The Hall–Kier alpha value is -3.61. The van der Waals surface area contributed by atoms with Gasteiger partial charge < -0.3 is 18.9 Å². The topological polar surface area (TPSA) is 64.3 Å². The maximum absolute atomic E-state index is 13.6. The van der Waals surface area contributed by atoms with Gasteiger partial charge in [-0.1, -0.05) is 17.3 Å². The summed E-state index contributed by atoms with van der Waals surface area (Å²) in [6, 6.07) is 17.0. The van der Waals surface area contributed by atoms with Gasteiger partial charge in [0, 0.05) is 13.0 Å². The molecule has 1 atom stereocenters. The van der Waals surface area contributed by atoms with Crippen LogP contribution in [0, 0.1) is 5.82 Å². The minimum absolute atomic E-state index is 0.223. The van der Waals surface area contributed by atoms with E-state index < -0.39 is 0 Å². The number of nitrogens with zero attached hydrogens (tertiary/aromatic N) is 2. The van der Waals surface area contributed by atoms with Crippen molar-refractivity contribution < 1.29 is 23.2 Å². The third-order valence-corrected chi connectivity index (χ3v) is 4.86. The lowest BCUT2D eigenvalue weighted by Crippen LogP contribution is -2.37. The number of carbonyl (C=O) groups excluding carboxylic acids is 1. The van der Waals surface area contributed by atoms with Crippen molar-refractivity contribution in [2.75, 3.05) is 13.7 Å². The second kappa shape index (κ2) is 8.82. The predicted molar refractivity (Wildman–Crippen MR) is 109 cm³/mol. The van der Waals surface area contributed by atoms with Crippen LogP contribution < -0.4 is 4.74 Å². The summed E-state index contributed by atoms with van der Waals surface area (Å²) in [5.41, 5.74) is 2.43. The smallest absolute Gasteiger partial charge is 0.289 e. The van der Waals surface area contributed by atoms with Gasteiger partial charge >= 0.3 is 0 Å². The highest BCUT2D eigenvalue weighted by Gasteiger charge is 2.28. The minimum atomic E-state index is -0.347. The Morgan fingerprint density at radius 1 is 1.20 bits per heavy atom. The average Bonchev–Trinajstić information content (AvgIpc) is 3.45. The molecule has 0 unspecified atom stereocenters. The number of benzene rings is 2. The van der Waals surface area contributed by atoms with Crippen LogP contribution in [-0.2, 0) is 11.4 Å². The lowest BCUT2D eigenvalue weighted by atomic mass is 10.0. The molecule has 1 aliphatic heterocycles. The molecule has 0 N–H and O–H groups in total. The number of methoxy groups -OCH3 is 1. The molecule has 6 nitrogen and oxygen atoms in total. The quantitative estimate of drug-likeness (QED) is 0.586. The van der Waals surface area contributed by atoms with Crippen LogP contribution in [0.1, 0.15) is 28.1 Å². The van der Waals surface area contributed by atoms with Gasteiger partial charge in [-0.15, -0.1) is 0 Å². The van der Waals surface area contributed by atoms with E-state index in [0.29, 0.717) is 18.5 Å². The molecule has 0 fully saturated rings. The molecule has 0 saturated heterocycles. The molecule has 7 heteroatoms. The molecule has 3 aromatic rings. The molecule has 0 radical (unpaired) electrons. The SMILES string of the molecule is COc1ccc(C2=NO[C@@H](CN(Cc3cccc(F)c3)C(=O)c3ccco3)C2)cc1. The van der Waals surface area contributed by atoms with Gasteiger partial charge in [0.2, 0.25) is 0 Å². The zero-order valence-electron chi connectivity index (χ0n) is 16.5. The maximum atomic E-state index is 13.6. The van der Waals surface area contributed by atoms with Crippen LogP contribution in [-0.4, -0.2) is 36.3 Å². The molecule has 0 spiro atoms. The summed E-state index contributed by atoms with van der Waals surface area (Å²) in [5.74, 6) is 0.353. The van der Waals surface area contributed by atoms with E-state index in [-0.39, 0.29) is 30.1 Å². The average molecular weight is 408 g/mol. The Kier molecular flexibility index (Phi) is 5.79. The van der Waals surface area contributed by atoms with E-state index in [4.69, 9.17) is 14.0 Å². The Balaban J connectivity index is 1.47. The van der Waals surface area contributed by atoms with E-state index in [1.807, 2.05) is 24.3 Å². The summed E-state index contributed by atoms with van der Waals surface area (Å²) in [7, 11) is 1.62. The van der Waals surface area contributed by atoms with Gasteiger partial charge in [-0.25, -0.2) is 4.39 Å². The maximum Gasteiger partial charge on any atom is 0.289 e. The van der Waals surface area contributed by atoms with Crippen LogP contribution in [0.3, 0.4) is 0 Å². The highest BCUT2D eigenvalue weighted by Crippen LogP contribution is 2.21. The van der Waals surface area contributed by atoms with Gasteiger partial charge in [0.1, 0.15) is 11.6 Å². The van der Waals surface area contributed by atoms with Gasteiger partial charge in [0.05, 0.1) is 25.6 Å². The number of oxime groups is 1. The number of carbonyl (C=O) groups is 1. The number of rotatable bonds is 7. The van der Waals surface area contributed by atoms with E-state index in [1.165, 1.54) is 18.4 Å². The third kappa shape index (κ3) is 4.51. The Bertz CT molecular complexity index is 1030. The zero-order valence-corrected chi connectivity index (χ0v) is 16.5. The Morgan fingerprint density at radius 3 is 2.73 bits per heavy atom. The fourth-order valence-corrected chi connectivity index (χ4v) is 3.36. The molecule has 4 rings (SSSR count). The number of furan rings is 1. The summed E-state index contributed by atoms with van der Waals surface area (Å²) in [6.07, 6.45) is 1.69. The molecule has 154 valence electrons. The monoisotopic (exact) mass is 408 g/mol. The number of hydrogen-bond donors (Lipinski definition) is 0. The van der Waals surface area contributed by atoms with Crippen molar-refractivity contribution in [1.82, 2.24) is 4.90 Å². The molecule has 2 aromatic carbocycles. The summed E-state index contributed by atoms with van der Waals surface area (Å²) >= 11 is 0. The molecular formula is C23H21FN2O4.